The molecule has 1 aliphatic rings. The molecule has 146 valence electrons. The number of fused-ring (bicyclic) bond motifs is 1. The Hall–Kier alpha value is -2.06. The normalized spacial score (nSPS) is 15.6. The Bertz CT molecular complexity index is 1040. The summed E-state index contributed by atoms with van der Waals surface area (Å²) in [5.74, 6) is -0.251. The van der Waals surface area contributed by atoms with Crippen LogP contribution in [-0.4, -0.2) is 53.4 Å². The molecule has 6 nitrogen and oxygen atoms in total. The van der Waals surface area contributed by atoms with Crippen molar-refractivity contribution in [2.75, 3.05) is 43.4 Å². The summed E-state index contributed by atoms with van der Waals surface area (Å²) in [7, 11) is 2.11. The number of carbonyl (C=O) groups is 1. The number of rotatable bonds is 4. The third-order valence-corrected chi connectivity index (χ3v) is 5.98. The first kappa shape index (κ1) is 19.3. The van der Waals surface area contributed by atoms with Crippen LogP contribution < -0.4 is 10.2 Å². The van der Waals surface area contributed by atoms with Gasteiger partial charge >= 0.3 is 0 Å². The molecule has 2 aromatic heterocycles. The number of hydrogen-bond acceptors (Lipinski definition) is 5. The van der Waals surface area contributed by atoms with Crippen molar-refractivity contribution < 1.29 is 4.79 Å². The first-order valence-electron chi connectivity index (χ1n) is 8.84. The Labute approximate surface area is 177 Å². The molecule has 0 bridgehead atoms. The summed E-state index contributed by atoms with van der Waals surface area (Å²) in [5.41, 5.74) is 2.35. The lowest BCUT2D eigenvalue weighted by atomic mass is 10.2. The lowest BCUT2D eigenvalue weighted by Crippen LogP contribution is -2.44. The Balaban J connectivity index is 1.53. The minimum Gasteiger partial charge on any atom is -0.367 e. The van der Waals surface area contributed by atoms with Gasteiger partial charge in [0.25, 0.3) is 0 Å². The highest BCUT2D eigenvalue weighted by Crippen LogP contribution is 2.30. The van der Waals surface area contributed by atoms with Crippen molar-refractivity contribution in [3.63, 3.8) is 0 Å². The second kappa shape index (κ2) is 8.13. The fraction of sp³-hybridized carbons (Fsp3) is 0.263. The number of nitrogens with one attached hydrogen (secondary N) is 1. The third-order valence-electron chi connectivity index (χ3n) is 4.71. The minimum atomic E-state index is -0.251. The SMILES string of the molecule is CN1CCN(c2ccc(Cl)cc2NC(=O)/C=C/c2c(Cl)nc3sccn23)CC1. The highest BCUT2D eigenvalue weighted by molar-refractivity contribution is 7.15. The van der Waals surface area contributed by atoms with Gasteiger partial charge < -0.3 is 15.1 Å². The zero-order valence-electron chi connectivity index (χ0n) is 15.2. The predicted molar refractivity (Wildman–Crippen MR) is 117 cm³/mol. The quantitative estimate of drug-likeness (QED) is 0.626. The number of nitrogens with zero attached hydrogens (tertiary/aromatic N) is 4. The molecule has 3 aromatic rings. The zero-order chi connectivity index (χ0) is 19.7. The van der Waals surface area contributed by atoms with Gasteiger partial charge in [-0.25, -0.2) is 4.98 Å². The van der Waals surface area contributed by atoms with Crippen LogP contribution in [-0.2, 0) is 4.79 Å². The Morgan fingerprint density at radius 3 is 2.82 bits per heavy atom. The van der Waals surface area contributed by atoms with Crippen LogP contribution in [0, 0.1) is 0 Å². The monoisotopic (exact) mass is 435 g/mol. The topological polar surface area (TPSA) is 52.9 Å². The maximum atomic E-state index is 12.6. The molecule has 28 heavy (non-hydrogen) atoms. The molecule has 0 radical (unpaired) electrons. The van der Waals surface area contributed by atoms with E-state index in [1.54, 1.807) is 12.1 Å². The number of piperazine rings is 1. The Morgan fingerprint density at radius 2 is 2.04 bits per heavy atom. The van der Waals surface area contributed by atoms with Crippen LogP contribution in [0.25, 0.3) is 11.0 Å². The molecule has 1 aromatic carbocycles. The largest absolute Gasteiger partial charge is 0.367 e. The fourth-order valence-electron chi connectivity index (χ4n) is 3.19. The smallest absolute Gasteiger partial charge is 0.248 e. The van der Waals surface area contributed by atoms with Gasteiger partial charge in [-0.1, -0.05) is 23.2 Å². The highest BCUT2D eigenvalue weighted by atomic mass is 35.5. The van der Waals surface area contributed by atoms with E-state index < -0.39 is 0 Å². The van der Waals surface area contributed by atoms with E-state index in [4.69, 9.17) is 23.2 Å². The van der Waals surface area contributed by atoms with E-state index in [0.717, 1.165) is 36.8 Å². The summed E-state index contributed by atoms with van der Waals surface area (Å²) in [6.07, 6.45) is 5.00. The van der Waals surface area contributed by atoms with E-state index in [1.807, 2.05) is 28.1 Å². The van der Waals surface area contributed by atoms with Gasteiger partial charge in [-0.2, -0.15) is 0 Å². The lowest BCUT2D eigenvalue weighted by Gasteiger charge is -2.35. The van der Waals surface area contributed by atoms with Gasteiger partial charge in [0.2, 0.25) is 5.91 Å². The molecule has 9 heteroatoms. The number of halogens is 2. The van der Waals surface area contributed by atoms with Gasteiger partial charge in [0.15, 0.2) is 10.1 Å². The van der Waals surface area contributed by atoms with Crippen LogP contribution in [0.2, 0.25) is 10.2 Å². The molecule has 1 fully saturated rings. The molecule has 0 spiro atoms. The molecule has 0 saturated carbocycles. The number of thiazole rings is 1. The summed E-state index contributed by atoms with van der Waals surface area (Å²) in [6, 6.07) is 5.58. The summed E-state index contributed by atoms with van der Waals surface area (Å²) < 4.78 is 1.85. The summed E-state index contributed by atoms with van der Waals surface area (Å²) in [6.45, 7) is 3.76. The van der Waals surface area contributed by atoms with Gasteiger partial charge in [0.1, 0.15) is 0 Å². The number of anilines is 2. The minimum absolute atomic E-state index is 0.251. The Kier molecular flexibility index (Phi) is 5.59. The van der Waals surface area contributed by atoms with E-state index in [2.05, 4.69) is 27.1 Å². The number of likely N-dealkylation sites (N-methyl/N-ethyl adjacent to an activating group) is 1. The molecule has 1 aliphatic heterocycles. The molecule has 0 atom stereocenters. The van der Waals surface area contributed by atoms with Crippen molar-refractivity contribution in [3.05, 3.63) is 51.7 Å². The molecule has 0 unspecified atom stereocenters. The van der Waals surface area contributed by atoms with Crippen LogP contribution in [0.4, 0.5) is 11.4 Å². The molecule has 0 aliphatic carbocycles. The van der Waals surface area contributed by atoms with Crippen LogP contribution in [0.15, 0.2) is 35.9 Å². The summed E-state index contributed by atoms with van der Waals surface area (Å²) in [5, 5.41) is 5.82. The number of benzene rings is 1. The molecule has 1 amide bonds. The standard InChI is InChI=1S/C19H19Cl2N5OS/c1-24-6-8-25(9-7-24)15-3-2-13(20)12-14(15)22-17(27)5-4-16-18(21)23-19-26(16)10-11-28-19/h2-5,10-12H,6-9H2,1H3,(H,22,27)/b5-4+. The van der Waals surface area contributed by atoms with Crippen molar-refractivity contribution in [2.24, 2.45) is 0 Å². The Morgan fingerprint density at radius 1 is 1.25 bits per heavy atom. The maximum Gasteiger partial charge on any atom is 0.248 e. The molecular weight excluding hydrogens is 417 g/mol. The second-order valence-corrected chi connectivity index (χ2v) is 8.29. The fourth-order valence-corrected chi connectivity index (χ4v) is 4.36. The van der Waals surface area contributed by atoms with E-state index >= 15 is 0 Å². The van der Waals surface area contributed by atoms with Gasteiger partial charge in [-0.3, -0.25) is 9.20 Å². The van der Waals surface area contributed by atoms with E-state index in [1.165, 1.54) is 17.4 Å². The molecule has 3 heterocycles. The van der Waals surface area contributed by atoms with Crippen molar-refractivity contribution in [1.82, 2.24) is 14.3 Å². The number of carbonyl (C=O) groups excluding carboxylic acids is 1. The van der Waals surface area contributed by atoms with Crippen molar-refractivity contribution in [1.29, 1.82) is 0 Å². The van der Waals surface area contributed by atoms with E-state index in [0.29, 0.717) is 21.6 Å². The summed E-state index contributed by atoms with van der Waals surface area (Å²) >= 11 is 13.8. The van der Waals surface area contributed by atoms with Gasteiger partial charge in [-0.05, 0) is 31.3 Å². The number of aromatic nitrogens is 2. The summed E-state index contributed by atoms with van der Waals surface area (Å²) in [4.78, 5) is 22.2. The molecule has 1 saturated heterocycles. The van der Waals surface area contributed by atoms with Gasteiger partial charge in [0.05, 0.1) is 17.1 Å². The number of imidazole rings is 1. The maximum absolute atomic E-state index is 12.6. The first-order valence-corrected chi connectivity index (χ1v) is 10.5. The van der Waals surface area contributed by atoms with E-state index in [9.17, 15) is 4.79 Å². The van der Waals surface area contributed by atoms with Gasteiger partial charge in [0, 0.05) is 48.9 Å². The average Bonchev–Trinajstić information content (AvgIpc) is 3.22. The zero-order valence-corrected chi connectivity index (χ0v) is 17.6. The lowest BCUT2D eigenvalue weighted by molar-refractivity contribution is -0.111. The number of hydrogen-bond donors (Lipinski definition) is 1. The third kappa shape index (κ3) is 4.03. The van der Waals surface area contributed by atoms with Crippen LogP contribution in [0.1, 0.15) is 5.69 Å². The van der Waals surface area contributed by atoms with Crippen LogP contribution in [0.3, 0.4) is 0 Å². The van der Waals surface area contributed by atoms with Crippen molar-refractivity contribution in [2.45, 2.75) is 0 Å². The highest BCUT2D eigenvalue weighted by Gasteiger charge is 2.18. The predicted octanol–water partition coefficient (Wildman–Crippen LogP) is 4.11. The average molecular weight is 436 g/mol. The molecule has 1 N–H and O–H groups in total. The molecular formula is C19H19Cl2N5OS. The first-order chi connectivity index (χ1) is 13.5. The van der Waals surface area contributed by atoms with Gasteiger partial charge in [-0.15, -0.1) is 11.3 Å². The van der Waals surface area contributed by atoms with E-state index in [-0.39, 0.29) is 5.91 Å². The van der Waals surface area contributed by atoms with Crippen molar-refractivity contribution in [3.8, 4) is 0 Å². The van der Waals surface area contributed by atoms with Crippen LogP contribution >= 0.6 is 34.5 Å². The molecule has 4 rings (SSSR count). The van der Waals surface area contributed by atoms with Crippen LogP contribution in [0.5, 0.6) is 0 Å². The van der Waals surface area contributed by atoms with Crippen molar-refractivity contribution >= 4 is 62.9 Å². The second-order valence-electron chi connectivity index (χ2n) is 6.62. The number of amides is 1.